The summed E-state index contributed by atoms with van der Waals surface area (Å²) in [6.07, 6.45) is 0. The molecule has 0 spiro atoms. The van der Waals surface area contributed by atoms with Crippen LogP contribution in [-0.4, -0.2) is 9.55 Å². The number of rotatable bonds is 1. The summed E-state index contributed by atoms with van der Waals surface area (Å²) in [5, 5.41) is 0.618. The van der Waals surface area contributed by atoms with Gasteiger partial charge in [0.2, 0.25) is 5.95 Å². The van der Waals surface area contributed by atoms with Crippen molar-refractivity contribution in [2.45, 2.75) is 0 Å². The van der Waals surface area contributed by atoms with Crippen LogP contribution in [0.3, 0.4) is 0 Å². The first kappa shape index (κ1) is 12.3. The Balaban J connectivity index is 2.31. The topological polar surface area (TPSA) is 43.8 Å². The summed E-state index contributed by atoms with van der Waals surface area (Å²) < 4.78 is 15.2. The number of imidazole rings is 1. The molecule has 0 radical (unpaired) electrons. The van der Waals surface area contributed by atoms with Gasteiger partial charge in [-0.3, -0.25) is 4.57 Å². The van der Waals surface area contributed by atoms with Crippen LogP contribution in [0.25, 0.3) is 16.7 Å². The Labute approximate surface area is 118 Å². The minimum Gasteiger partial charge on any atom is -0.369 e. The highest BCUT2D eigenvalue weighted by molar-refractivity contribution is 6.31. The van der Waals surface area contributed by atoms with Crippen molar-refractivity contribution < 1.29 is 4.39 Å². The molecule has 1 aromatic heterocycles. The molecule has 0 unspecified atom stereocenters. The van der Waals surface area contributed by atoms with Crippen molar-refractivity contribution in [3.8, 4) is 5.69 Å². The number of benzene rings is 2. The average molecular weight is 296 g/mol. The lowest BCUT2D eigenvalue weighted by Crippen LogP contribution is -2.01. The fraction of sp³-hybridized carbons (Fsp3) is 0. The summed E-state index contributed by atoms with van der Waals surface area (Å²) in [5.41, 5.74) is 7.83. The van der Waals surface area contributed by atoms with E-state index in [1.165, 1.54) is 12.1 Å². The number of anilines is 1. The van der Waals surface area contributed by atoms with Crippen LogP contribution in [0.4, 0.5) is 10.3 Å². The third-order valence-electron chi connectivity index (χ3n) is 2.80. The molecule has 0 amide bonds. The Morgan fingerprint density at radius 3 is 2.63 bits per heavy atom. The van der Waals surface area contributed by atoms with Crippen LogP contribution in [-0.2, 0) is 0 Å². The van der Waals surface area contributed by atoms with Gasteiger partial charge in [0.1, 0.15) is 5.82 Å². The lowest BCUT2D eigenvalue weighted by Gasteiger charge is -2.07. The second kappa shape index (κ2) is 4.40. The second-order valence-corrected chi connectivity index (χ2v) is 4.88. The molecule has 2 aromatic carbocycles. The van der Waals surface area contributed by atoms with E-state index in [4.69, 9.17) is 28.9 Å². The molecular formula is C13H8Cl2FN3. The van der Waals surface area contributed by atoms with Crippen LogP contribution in [0.2, 0.25) is 10.0 Å². The SMILES string of the molecule is Nc1nc2ccc(Cl)cc2n1-c1ccc(Cl)c(F)c1. The molecule has 19 heavy (non-hydrogen) atoms. The van der Waals surface area contributed by atoms with Crippen molar-refractivity contribution in [3.63, 3.8) is 0 Å². The zero-order valence-corrected chi connectivity index (χ0v) is 11.1. The molecule has 0 fully saturated rings. The molecule has 96 valence electrons. The summed E-state index contributed by atoms with van der Waals surface area (Å²) >= 11 is 11.6. The van der Waals surface area contributed by atoms with Gasteiger partial charge in [-0.1, -0.05) is 23.2 Å². The third kappa shape index (κ3) is 2.03. The Kier molecular flexibility index (Phi) is 2.84. The standard InChI is InChI=1S/C13H8Cl2FN3/c14-7-1-4-11-12(5-7)19(13(17)18-11)8-2-3-9(15)10(16)6-8/h1-6H,(H2,17,18). The molecule has 3 nitrogen and oxygen atoms in total. The van der Waals surface area contributed by atoms with E-state index in [0.717, 1.165) is 0 Å². The van der Waals surface area contributed by atoms with Crippen molar-refractivity contribution >= 4 is 40.2 Å². The smallest absolute Gasteiger partial charge is 0.205 e. The van der Waals surface area contributed by atoms with Gasteiger partial charge in [-0.25, -0.2) is 9.37 Å². The molecular weight excluding hydrogens is 288 g/mol. The van der Waals surface area contributed by atoms with Crippen LogP contribution >= 0.6 is 23.2 Å². The van der Waals surface area contributed by atoms with Gasteiger partial charge in [0.25, 0.3) is 0 Å². The summed E-state index contributed by atoms with van der Waals surface area (Å²) in [6, 6.07) is 9.67. The fourth-order valence-electron chi connectivity index (χ4n) is 1.96. The van der Waals surface area contributed by atoms with Gasteiger partial charge >= 0.3 is 0 Å². The third-order valence-corrected chi connectivity index (χ3v) is 3.35. The van der Waals surface area contributed by atoms with Crippen LogP contribution in [0.1, 0.15) is 0 Å². The molecule has 0 aliphatic rings. The minimum atomic E-state index is -0.512. The van der Waals surface area contributed by atoms with E-state index in [0.29, 0.717) is 21.7 Å². The quantitative estimate of drug-likeness (QED) is 0.736. The van der Waals surface area contributed by atoms with E-state index in [9.17, 15) is 4.39 Å². The summed E-state index contributed by atoms with van der Waals surface area (Å²) in [7, 11) is 0. The number of fused-ring (bicyclic) bond motifs is 1. The molecule has 0 saturated heterocycles. The summed E-state index contributed by atoms with van der Waals surface area (Å²) in [4.78, 5) is 4.21. The van der Waals surface area contributed by atoms with Gasteiger partial charge < -0.3 is 5.73 Å². The number of hydrogen-bond acceptors (Lipinski definition) is 2. The number of nitrogens with two attached hydrogens (primary N) is 1. The van der Waals surface area contributed by atoms with Crippen molar-refractivity contribution in [1.29, 1.82) is 0 Å². The fourth-order valence-corrected chi connectivity index (χ4v) is 2.25. The molecule has 0 saturated carbocycles. The molecule has 6 heteroatoms. The van der Waals surface area contributed by atoms with E-state index in [2.05, 4.69) is 4.98 Å². The minimum absolute atomic E-state index is 0.0600. The Hall–Kier alpha value is -1.78. The second-order valence-electron chi connectivity index (χ2n) is 4.04. The first-order valence-corrected chi connectivity index (χ1v) is 6.21. The van der Waals surface area contributed by atoms with Crippen LogP contribution in [0.15, 0.2) is 36.4 Å². The van der Waals surface area contributed by atoms with Crippen LogP contribution < -0.4 is 5.73 Å². The van der Waals surface area contributed by atoms with E-state index in [1.807, 2.05) is 0 Å². The van der Waals surface area contributed by atoms with Gasteiger partial charge in [0.05, 0.1) is 21.7 Å². The maximum Gasteiger partial charge on any atom is 0.205 e. The van der Waals surface area contributed by atoms with Crippen molar-refractivity contribution in [2.24, 2.45) is 0 Å². The highest BCUT2D eigenvalue weighted by Crippen LogP contribution is 2.27. The van der Waals surface area contributed by atoms with Gasteiger partial charge in [-0.2, -0.15) is 0 Å². The predicted octanol–water partition coefficient (Wildman–Crippen LogP) is 4.05. The van der Waals surface area contributed by atoms with E-state index in [1.54, 1.807) is 28.8 Å². The molecule has 3 rings (SSSR count). The van der Waals surface area contributed by atoms with Gasteiger partial charge in [0.15, 0.2) is 0 Å². The largest absolute Gasteiger partial charge is 0.369 e. The van der Waals surface area contributed by atoms with Crippen molar-refractivity contribution in [2.75, 3.05) is 5.73 Å². The van der Waals surface area contributed by atoms with Gasteiger partial charge in [-0.15, -0.1) is 0 Å². The summed E-state index contributed by atoms with van der Waals surface area (Å²) in [5.74, 6) is -0.249. The number of nitrogens with zero attached hydrogens (tertiary/aromatic N) is 2. The molecule has 2 N–H and O–H groups in total. The van der Waals surface area contributed by atoms with Crippen molar-refractivity contribution in [3.05, 3.63) is 52.3 Å². The average Bonchev–Trinajstić information content (AvgIpc) is 2.68. The first-order valence-electron chi connectivity index (χ1n) is 5.45. The highest BCUT2D eigenvalue weighted by Gasteiger charge is 2.12. The number of aromatic nitrogens is 2. The van der Waals surface area contributed by atoms with E-state index >= 15 is 0 Å². The van der Waals surface area contributed by atoms with Gasteiger partial charge in [0, 0.05) is 5.02 Å². The summed E-state index contributed by atoms with van der Waals surface area (Å²) in [6.45, 7) is 0. The maximum absolute atomic E-state index is 13.5. The molecule has 3 aromatic rings. The predicted molar refractivity (Wildman–Crippen MR) is 75.5 cm³/mol. The monoisotopic (exact) mass is 295 g/mol. The number of nitrogen functional groups attached to an aromatic ring is 1. The maximum atomic E-state index is 13.5. The van der Waals surface area contributed by atoms with E-state index in [-0.39, 0.29) is 11.0 Å². The van der Waals surface area contributed by atoms with Gasteiger partial charge in [-0.05, 0) is 36.4 Å². The zero-order valence-electron chi connectivity index (χ0n) is 9.57. The molecule has 0 aliphatic carbocycles. The zero-order chi connectivity index (χ0) is 13.6. The first-order chi connectivity index (χ1) is 9.06. The van der Waals surface area contributed by atoms with E-state index < -0.39 is 5.82 Å². The number of halogens is 3. The van der Waals surface area contributed by atoms with Crippen molar-refractivity contribution in [1.82, 2.24) is 9.55 Å². The Morgan fingerprint density at radius 2 is 1.89 bits per heavy atom. The Morgan fingerprint density at radius 1 is 1.11 bits per heavy atom. The molecule has 0 atom stereocenters. The molecule has 0 aliphatic heterocycles. The lowest BCUT2D eigenvalue weighted by molar-refractivity contribution is 0.627. The Bertz CT molecular complexity index is 783. The van der Waals surface area contributed by atoms with Crippen LogP contribution in [0.5, 0.6) is 0 Å². The lowest BCUT2D eigenvalue weighted by atomic mass is 10.2. The number of hydrogen-bond donors (Lipinski definition) is 1. The van der Waals surface area contributed by atoms with Crippen LogP contribution in [0, 0.1) is 5.82 Å². The highest BCUT2D eigenvalue weighted by atomic mass is 35.5. The normalized spacial score (nSPS) is 11.1. The molecule has 1 heterocycles. The molecule has 0 bridgehead atoms.